The van der Waals surface area contributed by atoms with Crippen molar-refractivity contribution in [1.29, 1.82) is 0 Å². The van der Waals surface area contributed by atoms with Crippen molar-refractivity contribution >= 4 is 16.9 Å². The van der Waals surface area contributed by atoms with Gasteiger partial charge >= 0.3 is 5.97 Å². The molecular formula is C15H19NO3. The lowest BCUT2D eigenvalue weighted by molar-refractivity contribution is -0.139. The van der Waals surface area contributed by atoms with Crippen LogP contribution in [0, 0.1) is 0 Å². The van der Waals surface area contributed by atoms with Gasteiger partial charge in [0.05, 0.1) is 20.1 Å². The number of benzene rings is 1. The Labute approximate surface area is 112 Å². The van der Waals surface area contributed by atoms with E-state index in [2.05, 4.69) is 11.9 Å². The number of methoxy groups -OCH3 is 1. The summed E-state index contributed by atoms with van der Waals surface area (Å²) in [5, 5.41) is 1.01. The minimum atomic E-state index is -0.238. The predicted octanol–water partition coefficient (Wildman–Crippen LogP) is 3.06. The van der Waals surface area contributed by atoms with Crippen molar-refractivity contribution in [2.75, 3.05) is 13.7 Å². The van der Waals surface area contributed by atoms with Crippen molar-refractivity contribution < 1.29 is 14.3 Å². The lowest BCUT2D eigenvalue weighted by Crippen LogP contribution is -2.03. The molecule has 0 saturated carbocycles. The molecule has 0 aliphatic carbocycles. The molecule has 1 aromatic heterocycles. The SMILES string of the molecule is CCCCOc1ccc2[nH]cc(CC(=O)OC)c2c1. The number of fused-ring (bicyclic) bond motifs is 1. The summed E-state index contributed by atoms with van der Waals surface area (Å²) in [6, 6.07) is 5.88. The van der Waals surface area contributed by atoms with Crippen LogP contribution >= 0.6 is 0 Å². The molecule has 1 heterocycles. The number of hydrogen-bond acceptors (Lipinski definition) is 3. The highest BCUT2D eigenvalue weighted by atomic mass is 16.5. The normalized spacial score (nSPS) is 10.6. The molecule has 1 N–H and O–H groups in total. The van der Waals surface area contributed by atoms with Gasteiger partial charge in [-0.15, -0.1) is 0 Å². The highest BCUT2D eigenvalue weighted by Gasteiger charge is 2.09. The summed E-state index contributed by atoms with van der Waals surface area (Å²) in [4.78, 5) is 14.5. The van der Waals surface area contributed by atoms with Crippen LogP contribution in [0.25, 0.3) is 10.9 Å². The quantitative estimate of drug-likeness (QED) is 0.642. The molecule has 0 saturated heterocycles. The topological polar surface area (TPSA) is 51.3 Å². The molecular weight excluding hydrogens is 242 g/mol. The van der Waals surface area contributed by atoms with Crippen molar-refractivity contribution in [1.82, 2.24) is 4.98 Å². The van der Waals surface area contributed by atoms with Crippen LogP contribution in [0.3, 0.4) is 0 Å². The molecule has 0 aliphatic heterocycles. The largest absolute Gasteiger partial charge is 0.494 e. The second kappa shape index (κ2) is 6.27. The average molecular weight is 261 g/mol. The zero-order valence-electron chi connectivity index (χ0n) is 11.4. The van der Waals surface area contributed by atoms with Crippen LogP contribution in [0.4, 0.5) is 0 Å². The Hall–Kier alpha value is -1.97. The Morgan fingerprint density at radius 3 is 2.95 bits per heavy atom. The van der Waals surface area contributed by atoms with Crippen LogP contribution in [-0.4, -0.2) is 24.7 Å². The van der Waals surface area contributed by atoms with Crippen LogP contribution in [0.2, 0.25) is 0 Å². The summed E-state index contributed by atoms with van der Waals surface area (Å²) < 4.78 is 10.4. The summed E-state index contributed by atoms with van der Waals surface area (Å²) in [5.41, 5.74) is 1.93. The van der Waals surface area contributed by atoms with E-state index in [0.717, 1.165) is 41.7 Å². The standard InChI is InChI=1S/C15H19NO3/c1-3-4-7-19-12-5-6-14-13(9-12)11(10-16-14)8-15(17)18-2/h5-6,9-10,16H,3-4,7-8H2,1-2H3. The number of hydrogen-bond donors (Lipinski definition) is 1. The maximum Gasteiger partial charge on any atom is 0.310 e. The van der Waals surface area contributed by atoms with Crippen LogP contribution in [0.15, 0.2) is 24.4 Å². The van der Waals surface area contributed by atoms with Crippen molar-refractivity contribution in [2.45, 2.75) is 26.2 Å². The Morgan fingerprint density at radius 1 is 1.37 bits per heavy atom. The smallest absolute Gasteiger partial charge is 0.310 e. The Morgan fingerprint density at radius 2 is 2.21 bits per heavy atom. The minimum absolute atomic E-state index is 0.238. The molecule has 1 aromatic carbocycles. The van der Waals surface area contributed by atoms with Crippen LogP contribution in [-0.2, 0) is 16.0 Å². The Kier molecular flexibility index (Phi) is 4.44. The molecule has 102 valence electrons. The highest BCUT2D eigenvalue weighted by molar-refractivity contribution is 5.88. The van der Waals surface area contributed by atoms with Crippen molar-refractivity contribution in [2.24, 2.45) is 0 Å². The van der Waals surface area contributed by atoms with Crippen molar-refractivity contribution in [3.05, 3.63) is 30.0 Å². The number of esters is 1. The summed E-state index contributed by atoms with van der Waals surface area (Å²) >= 11 is 0. The van der Waals surface area contributed by atoms with E-state index in [1.807, 2.05) is 24.4 Å². The molecule has 0 atom stereocenters. The van der Waals surface area contributed by atoms with E-state index in [1.54, 1.807) is 0 Å². The number of carbonyl (C=O) groups is 1. The summed E-state index contributed by atoms with van der Waals surface area (Å²) in [6.07, 6.45) is 4.27. The van der Waals surface area contributed by atoms with Gasteiger partial charge < -0.3 is 14.5 Å². The fraction of sp³-hybridized carbons (Fsp3) is 0.400. The molecule has 0 fully saturated rings. The molecule has 0 bridgehead atoms. The molecule has 19 heavy (non-hydrogen) atoms. The van der Waals surface area contributed by atoms with Gasteiger partial charge in [-0.05, 0) is 30.2 Å². The number of H-pyrrole nitrogens is 1. The lowest BCUT2D eigenvalue weighted by atomic mass is 10.1. The molecule has 0 amide bonds. The van der Waals surface area contributed by atoms with E-state index in [9.17, 15) is 4.79 Å². The van der Waals surface area contributed by atoms with Gasteiger partial charge in [0.1, 0.15) is 5.75 Å². The first kappa shape index (κ1) is 13.5. The summed E-state index contributed by atoms with van der Waals surface area (Å²) in [7, 11) is 1.40. The number of ether oxygens (including phenoxy) is 2. The summed E-state index contributed by atoms with van der Waals surface area (Å²) in [5.74, 6) is 0.602. The second-order valence-corrected chi connectivity index (χ2v) is 4.48. The third-order valence-electron chi connectivity index (χ3n) is 3.07. The summed E-state index contributed by atoms with van der Waals surface area (Å²) in [6.45, 7) is 2.85. The Bertz CT molecular complexity index is 560. The number of unbranched alkanes of at least 4 members (excludes halogenated alkanes) is 1. The molecule has 0 unspecified atom stereocenters. The van der Waals surface area contributed by atoms with Gasteiger partial charge in [0, 0.05) is 17.1 Å². The van der Waals surface area contributed by atoms with Gasteiger partial charge in [0.2, 0.25) is 0 Å². The van der Waals surface area contributed by atoms with Gasteiger partial charge in [-0.2, -0.15) is 0 Å². The van der Waals surface area contributed by atoms with Crippen LogP contribution < -0.4 is 4.74 Å². The first-order chi connectivity index (χ1) is 9.24. The van der Waals surface area contributed by atoms with Crippen molar-refractivity contribution in [3.63, 3.8) is 0 Å². The van der Waals surface area contributed by atoms with Crippen LogP contribution in [0.1, 0.15) is 25.3 Å². The molecule has 0 aliphatic rings. The van der Waals surface area contributed by atoms with Gasteiger partial charge in [-0.3, -0.25) is 4.79 Å². The van der Waals surface area contributed by atoms with Crippen molar-refractivity contribution in [3.8, 4) is 5.75 Å². The minimum Gasteiger partial charge on any atom is -0.494 e. The molecule has 4 nitrogen and oxygen atoms in total. The highest BCUT2D eigenvalue weighted by Crippen LogP contribution is 2.24. The van der Waals surface area contributed by atoms with E-state index in [0.29, 0.717) is 0 Å². The molecule has 4 heteroatoms. The first-order valence-corrected chi connectivity index (χ1v) is 6.54. The van der Waals surface area contributed by atoms with E-state index >= 15 is 0 Å². The fourth-order valence-corrected chi connectivity index (χ4v) is 1.96. The maximum atomic E-state index is 11.4. The van der Waals surface area contributed by atoms with E-state index in [4.69, 9.17) is 9.47 Å². The zero-order valence-corrected chi connectivity index (χ0v) is 11.4. The molecule has 0 spiro atoms. The van der Waals surface area contributed by atoms with E-state index < -0.39 is 0 Å². The third-order valence-corrected chi connectivity index (χ3v) is 3.07. The van der Waals surface area contributed by atoms with Crippen LogP contribution in [0.5, 0.6) is 5.75 Å². The van der Waals surface area contributed by atoms with Gasteiger partial charge in [-0.1, -0.05) is 13.3 Å². The Balaban J connectivity index is 2.19. The lowest BCUT2D eigenvalue weighted by Gasteiger charge is -2.05. The van der Waals surface area contributed by atoms with Gasteiger partial charge in [0.15, 0.2) is 0 Å². The molecule has 2 aromatic rings. The molecule has 0 radical (unpaired) electrons. The number of carbonyl (C=O) groups excluding carboxylic acids is 1. The number of nitrogens with one attached hydrogen (secondary N) is 1. The number of rotatable bonds is 6. The number of aromatic nitrogens is 1. The fourth-order valence-electron chi connectivity index (χ4n) is 1.96. The first-order valence-electron chi connectivity index (χ1n) is 6.54. The van der Waals surface area contributed by atoms with E-state index in [-0.39, 0.29) is 12.4 Å². The van der Waals surface area contributed by atoms with Gasteiger partial charge in [0.25, 0.3) is 0 Å². The number of aromatic amines is 1. The maximum absolute atomic E-state index is 11.4. The molecule has 2 rings (SSSR count). The van der Waals surface area contributed by atoms with E-state index in [1.165, 1.54) is 7.11 Å². The zero-order chi connectivity index (χ0) is 13.7. The monoisotopic (exact) mass is 261 g/mol. The third kappa shape index (κ3) is 3.28. The average Bonchev–Trinajstić information content (AvgIpc) is 2.82. The van der Waals surface area contributed by atoms with Gasteiger partial charge in [-0.25, -0.2) is 0 Å². The second-order valence-electron chi connectivity index (χ2n) is 4.48. The predicted molar refractivity (Wildman–Crippen MR) is 74.4 cm³/mol.